The summed E-state index contributed by atoms with van der Waals surface area (Å²) in [5, 5.41) is 0. The minimum absolute atomic E-state index is 0.435. The molecule has 0 atom stereocenters. The highest BCUT2D eigenvalue weighted by Crippen LogP contribution is 2.40. The summed E-state index contributed by atoms with van der Waals surface area (Å²) in [6.45, 7) is 2.75. The Bertz CT molecular complexity index is 764. The molecule has 136 valence electrons. The molecule has 2 aromatic rings. The SMILES string of the molecule is c1ccc(Oc2ccc3c(c2)COC2(CCN(C4CCC4)CC2)O3)cc1. The van der Waals surface area contributed by atoms with Gasteiger partial charge >= 0.3 is 0 Å². The molecule has 2 heterocycles. The van der Waals surface area contributed by atoms with E-state index < -0.39 is 5.79 Å². The fraction of sp³-hybridized carbons (Fsp3) is 0.455. The van der Waals surface area contributed by atoms with E-state index in [2.05, 4.69) is 4.90 Å². The van der Waals surface area contributed by atoms with Gasteiger partial charge in [0.25, 0.3) is 0 Å². The van der Waals surface area contributed by atoms with Crippen molar-refractivity contribution in [1.29, 1.82) is 0 Å². The van der Waals surface area contributed by atoms with Gasteiger partial charge in [-0.1, -0.05) is 24.6 Å². The van der Waals surface area contributed by atoms with Crippen LogP contribution < -0.4 is 9.47 Å². The van der Waals surface area contributed by atoms with E-state index in [9.17, 15) is 0 Å². The zero-order valence-electron chi connectivity index (χ0n) is 15.0. The molecule has 4 heteroatoms. The molecule has 2 fully saturated rings. The van der Waals surface area contributed by atoms with Crippen LogP contribution in [0.1, 0.15) is 37.7 Å². The van der Waals surface area contributed by atoms with Crippen LogP contribution in [0.5, 0.6) is 17.2 Å². The number of para-hydroxylation sites is 1. The van der Waals surface area contributed by atoms with Crippen molar-refractivity contribution in [3.8, 4) is 17.2 Å². The monoisotopic (exact) mass is 351 g/mol. The Hall–Kier alpha value is -2.04. The lowest BCUT2D eigenvalue weighted by Crippen LogP contribution is -2.54. The first-order chi connectivity index (χ1) is 12.8. The quantitative estimate of drug-likeness (QED) is 0.800. The normalized spacial score (nSPS) is 22.3. The summed E-state index contributed by atoms with van der Waals surface area (Å²) >= 11 is 0. The van der Waals surface area contributed by atoms with Crippen LogP contribution in [0.3, 0.4) is 0 Å². The molecule has 0 radical (unpaired) electrons. The molecule has 0 amide bonds. The number of rotatable bonds is 3. The summed E-state index contributed by atoms with van der Waals surface area (Å²) in [7, 11) is 0. The molecule has 1 spiro atoms. The number of benzene rings is 2. The summed E-state index contributed by atoms with van der Waals surface area (Å²) < 4.78 is 18.5. The third kappa shape index (κ3) is 3.08. The second-order valence-corrected chi connectivity index (χ2v) is 7.61. The van der Waals surface area contributed by atoms with E-state index in [1.165, 1.54) is 19.3 Å². The van der Waals surface area contributed by atoms with Crippen molar-refractivity contribution in [2.45, 2.75) is 50.5 Å². The highest BCUT2D eigenvalue weighted by Gasteiger charge is 2.42. The first-order valence-electron chi connectivity index (χ1n) is 9.73. The van der Waals surface area contributed by atoms with Crippen molar-refractivity contribution in [3.63, 3.8) is 0 Å². The van der Waals surface area contributed by atoms with Crippen LogP contribution in [0.2, 0.25) is 0 Å². The van der Waals surface area contributed by atoms with E-state index >= 15 is 0 Å². The number of hydrogen-bond donors (Lipinski definition) is 0. The largest absolute Gasteiger partial charge is 0.462 e. The Morgan fingerprint density at radius 3 is 2.50 bits per heavy atom. The Morgan fingerprint density at radius 1 is 0.962 bits per heavy atom. The molecule has 1 saturated carbocycles. The second-order valence-electron chi connectivity index (χ2n) is 7.61. The van der Waals surface area contributed by atoms with Crippen LogP contribution >= 0.6 is 0 Å². The van der Waals surface area contributed by atoms with Crippen LogP contribution in [-0.4, -0.2) is 29.8 Å². The molecule has 26 heavy (non-hydrogen) atoms. The predicted octanol–water partition coefficient (Wildman–Crippen LogP) is 4.73. The standard InChI is InChI=1S/C22H25NO3/c1-2-7-19(8-3-1)25-20-9-10-21-17(15-20)16-24-22(26-21)11-13-23(14-12-22)18-5-4-6-18/h1-3,7-10,15,18H,4-6,11-14,16H2. The smallest absolute Gasteiger partial charge is 0.213 e. The zero-order chi connectivity index (χ0) is 17.4. The molecular formula is C22H25NO3. The average Bonchev–Trinajstić information content (AvgIpc) is 2.63. The Balaban J connectivity index is 1.26. The number of likely N-dealkylation sites (tertiary alicyclic amines) is 1. The van der Waals surface area contributed by atoms with E-state index in [0.717, 1.165) is 54.8 Å². The number of nitrogens with zero attached hydrogens (tertiary/aromatic N) is 1. The van der Waals surface area contributed by atoms with E-state index in [4.69, 9.17) is 14.2 Å². The minimum Gasteiger partial charge on any atom is -0.462 e. The lowest BCUT2D eigenvalue weighted by Gasteiger charge is -2.47. The Labute approximate surface area is 154 Å². The first kappa shape index (κ1) is 16.2. The maximum Gasteiger partial charge on any atom is 0.213 e. The van der Waals surface area contributed by atoms with Crippen molar-refractivity contribution in [2.24, 2.45) is 0 Å². The van der Waals surface area contributed by atoms with Gasteiger partial charge in [-0.25, -0.2) is 0 Å². The van der Waals surface area contributed by atoms with Crippen LogP contribution in [0.15, 0.2) is 48.5 Å². The summed E-state index contributed by atoms with van der Waals surface area (Å²) in [6, 6.07) is 16.7. The molecule has 5 rings (SSSR count). The van der Waals surface area contributed by atoms with Crippen LogP contribution in [-0.2, 0) is 11.3 Å². The number of fused-ring (bicyclic) bond motifs is 1. The van der Waals surface area contributed by atoms with E-state index in [-0.39, 0.29) is 0 Å². The fourth-order valence-corrected chi connectivity index (χ4v) is 4.12. The second kappa shape index (κ2) is 6.60. The van der Waals surface area contributed by atoms with Gasteiger partial charge in [-0.05, 0) is 43.2 Å². The third-order valence-corrected chi connectivity index (χ3v) is 5.95. The molecule has 2 aromatic carbocycles. The number of hydrogen-bond acceptors (Lipinski definition) is 4. The summed E-state index contributed by atoms with van der Waals surface area (Å²) in [6.07, 6.45) is 6.01. The van der Waals surface area contributed by atoms with Crippen LogP contribution in [0, 0.1) is 0 Å². The predicted molar refractivity (Wildman–Crippen MR) is 99.6 cm³/mol. The highest BCUT2D eigenvalue weighted by molar-refractivity contribution is 5.43. The molecule has 1 aliphatic carbocycles. The average molecular weight is 351 g/mol. The molecule has 4 nitrogen and oxygen atoms in total. The van der Waals surface area contributed by atoms with Gasteiger partial charge < -0.3 is 14.2 Å². The van der Waals surface area contributed by atoms with Crippen molar-refractivity contribution in [3.05, 3.63) is 54.1 Å². The lowest BCUT2D eigenvalue weighted by atomic mass is 9.89. The van der Waals surface area contributed by atoms with Gasteiger partial charge in [0.15, 0.2) is 0 Å². The third-order valence-electron chi connectivity index (χ3n) is 5.95. The van der Waals surface area contributed by atoms with Gasteiger partial charge in [0, 0.05) is 37.5 Å². The van der Waals surface area contributed by atoms with Gasteiger partial charge in [0.05, 0.1) is 6.61 Å². The minimum atomic E-state index is -0.435. The molecular weight excluding hydrogens is 326 g/mol. The van der Waals surface area contributed by atoms with Gasteiger partial charge in [-0.3, -0.25) is 4.90 Å². The van der Waals surface area contributed by atoms with Crippen molar-refractivity contribution < 1.29 is 14.2 Å². The molecule has 1 saturated heterocycles. The molecule has 2 aliphatic heterocycles. The number of ether oxygens (including phenoxy) is 3. The molecule has 0 unspecified atom stereocenters. The maximum absolute atomic E-state index is 6.34. The van der Waals surface area contributed by atoms with Crippen LogP contribution in [0.25, 0.3) is 0 Å². The summed E-state index contributed by atoms with van der Waals surface area (Å²) in [4.78, 5) is 2.62. The number of piperidine rings is 1. The molecule has 3 aliphatic rings. The lowest BCUT2D eigenvalue weighted by molar-refractivity contribution is -0.231. The van der Waals surface area contributed by atoms with E-state index in [1.807, 2.05) is 48.5 Å². The van der Waals surface area contributed by atoms with Gasteiger partial charge in [0.1, 0.15) is 17.2 Å². The van der Waals surface area contributed by atoms with Gasteiger partial charge in [0.2, 0.25) is 5.79 Å². The van der Waals surface area contributed by atoms with Crippen LogP contribution in [0.4, 0.5) is 0 Å². The van der Waals surface area contributed by atoms with E-state index in [0.29, 0.717) is 6.61 Å². The maximum atomic E-state index is 6.34. The summed E-state index contributed by atoms with van der Waals surface area (Å²) in [5.41, 5.74) is 1.06. The highest BCUT2D eigenvalue weighted by atomic mass is 16.7. The molecule has 0 bridgehead atoms. The molecule has 0 N–H and O–H groups in total. The van der Waals surface area contributed by atoms with Crippen molar-refractivity contribution >= 4 is 0 Å². The van der Waals surface area contributed by atoms with Gasteiger partial charge in [-0.2, -0.15) is 0 Å². The summed E-state index contributed by atoms with van der Waals surface area (Å²) in [5.74, 6) is 2.16. The van der Waals surface area contributed by atoms with Crippen molar-refractivity contribution in [1.82, 2.24) is 4.90 Å². The Morgan fingerprint density at radius 2 is 1.77 bits per heavy atom. The van der Waals surface area contributed by atoms with E-state index in [1.54, 1.807) is 0 Å². The van der Waals surface area contributed by atoms with Gasteiger partial charge in [-0.15, -0.1) is 0 Å². The fourth-order valence-electron chi connectivity index (χ4n) is 4.12. The molecule has 0 aromatic heterocycles. The van der Waals surface area contributed by atoms with Crippen molar-refractivity contribution in [2.75, 3.05) is 13.1 Å². The first-order valence-corrected chi connectivity index (χ1v) is 9.73. The Kier molecular flexibility index (Phi) is 4.10. The zero-order valence-corrected chi connectivity index (χ0v) is 15.0. The topological polar surface area (TPSA) is 30.9 Å².